The summed E-state index contributed by atoms with van der Waals surface area (Å²) in [5.41, 5.74) is 1.02. The zero-order chi connectivity index (χ0) is 20.0. The van der Waals surface area contributed by atoms with Crippen molar-refractivity contribution < 1.29 is 14.2 Å². The number of hydrogen-bond donors (Lipinski definition) is 1. The van der Waals surface area contributed by atoms with Gasteiger partial charge in [0.2, 0.25) is 5.88 Å². The van der Waals surface area contributed by atoms with Crippen molar-refractivity contribution in [1.29, 1.82) is 0 Å². The van der Waals surface area contributed by atoms with E-state index in [1.807, 2.05) is 49.5 Å². The van der Waals surface area contributed by atoms with Crippen LogP contribution in [0.25, 0.3) is 0 Å². The quantitative estimate of drug-likeness (QED) is 0.364. The third-order valence-corrected chi connectivity index (χ3v) is 3.88. The number of methoxy groups -OCH3 is 1. The van der Waals surface area contributed by atoms with Gasteiger partial charge in [0.05, 0.1) is 19.7 Å². The van der Waals surface area contributed by atoms with Crippen molar-refractivity contribution >= 4 is 5.96 Å². The number of ether oxygens (including phenoxy) is 3. The molecule has 0 amide bonds. The van der Waals surface area contributed by atoms with E-state index < -0.39 is 0 Å². The largest absolute Gasteiger partial charge is 0.492 e. The van der Waals surface area contributed by atoms with Gasteiger partial charge in [-0.05, 0) is 24.6 Å². The summed E-state index contributed by atoms with van der Waals surface area (Å²) < 4.78 is 16.2. The molecule has 0 saturated heterocycles. The number of guanidine groups is 1. The van der Waals surface area contributed by atoms with Gasteiger partial charge in [0.1, 0.15) is 19.0 Å². The van der Waals surface area contributed by atoms with Crippen LogP contribution < -0.4 is 14.8 Å². The van der Waals surface area contributed by atoms with E-state index in [4.69, 9.17) is 14.2 Å². The molecule has 0 spiro atoms. The predicted octanol–water partition coefficient (Wildman–Crippen LogP) is 2.58. The van der Waals surface area contributed by atoms with Crippen LogP contribution in [0.15, 0.2) is 53.7 Å². The zero-order valence-electron chi connectivity index (χ0n) is 16.9. The van der Waals surface area contributed by atoms with Crippen molar-refractivity contribution in [3.05, 3.63) is 54.2 Å². The van der Waals surface area contributed by atoms with Gasteiger partial charge in [-0.15, -0.1) is 0 Å². The van der Waals surface area contributed by atoms with Gasteiger partial charge >= 0.3 is 0 Å². The second kappa shape index (κ2) is 12.6. The Balaban J connectivity index is 1.84. The summed E-state index contributed by atoms with van der Waals surface area (Å²) >= 11 is 0. The first-order valence-corrected chi connectivity index (χ1v) is 9.47. The summed E-state index contributed by atoms with van der Waals surface area (Å²) in [6.45, 7) is 5.73. The monoisotopic (exact) mass is 386 g/mol. The van der Waals surface area contributed by atoms with Crippen LogP contribution in [-0.4, -0.2) is 62.9 Å². The van der Waals surface area contributed by atoms with E-state index in [-0.39, 0.29) is 0 Å². The van der Waals surface area contributed by atoms with Gasteiger partial charge in [-0.1, -0.05) is 24.3 Å². The molecular weight excluding hydrogens is 356 g/mol. The second-order valence-corrected chi connectivity index (χ2v) is 6.10. The molecular formula is C21H30N4O3. The molecule has 1 aromatic heterocycles. The van der Waals surface area contributed by atoms with E-state index in [1.54, 1.807) is 13.3 Å². The number of hydrogen-bond acceptors (Lipinski definition) is 5. The van der Waals surface area contributed by atoms with E-state index in [2.05, 4.69) is 27.1 Å². The Morgan fingerprint density at radius 2 is 1.89 bits per heavy atom. The third-order valence-electron chi connectivity index (χ3n) is 3.88. The third kappa shape index (κ3) is 7.84. The SMILES string of the molecule is CCNC(=NCc1ccc(OCCOC)nc1)N(C)CCOc1ccccc1. The lowest BCUT2D eigenvalue weighted by atomic mass is 10.3. The molecule has 0 radical (unpaired) electrons. The van der Waals surface area contributed by atoms with Gasteiger partial charge in [-0.2, -0.15) is 0 Å². The molecule has 0 aliphatic carbocycles. The van der Waals surface area contributed by atoms with Crippen LogP contribution in [0.2, 0.25) is 0 Å². The molecule has 152 valence electrons. The van der Waals surface area contributed by atoms with Gasteiger partial charge in [0.25, 0.3) is 0 Å². The second-order valence-electron chi connectivity index (χ2n) is 6.10. The maximum atomic E-state index is 5.76. The van der Waals surface area contributed by atoms with Crippen LogP contribution in [0.5, 0.6) is 11.6 Å². The number of rotatable bonds is 11. The number of pyridine rings is 1. The minimum absolute atomic E-state index is 0.488. The maximum absolute atomic E-state index is 5.76. The minimum atomic E-state index is 0.488. The van der Waals surface area contributed by atoms with E-state index in [9.17, 15) is 0 Å². The lowest BCUT2D eigenvalue weighted by molar-refractivity contribution is 0.143. The van der Waals surface area contributed by atoms with Crippen molar-refractivity contribution in [2.75, 3.05) is 47.1 Å². The normalized spacial score (nSPS) is 11.2. The molecule has 1 heterocycles. The van der Waals surface area contributed by atoms with Crippen LogP contribution >= 0.6 is 0 Å². The van der Waals surface area contributed by atoms with Gasteiger partial charge in [0.15, 0.2) is 5.96 Å². The highest BCUT2D eigenvalue weighted by Gasteiger charge is 2.06. The molecule has 0 aliphatic heterocycles. The van der Waals surface area contributed by atoms with Gasteiger partial charge in [-0.3, -0.25) is 0 Å². The molecule has 1 N–H and O–H groups in total. The Morgan fingerprint density at radius 1 is 1.07 bits per heavy atom. The zero-order valence-corrected chi connectivity index (χ0v) is 16.9. The molecule has 0 aliphatic rings. The number of benzene rings is 1. The molecule has 7 nitrogen and oxygen atoms in total. The fourth-order valence-electron chi connectivity index (χ4n) is 2.38. The Morgan fingerprint density at radius 3 is 2.57 bits per heavy atom. The molecule has 2 aromatic rings. The minimum Gasteiger partial charge on any atom is -0.492 e. The van der Waals surface area contributed by atoms with Crippen molar-refractivity contribution in [2.24, 2.45) is 4.99 Å². The fourth-order valence-corrected chi connectivity index (χ4v) is 2.38. The van der Waals surface area contributed by atoms with Crippen molar-refractivity contribution in [2.45, 2.75) is 13.5 Å². The van der Waals surface area contributed by atoms with Gasteiger partial charge < -0.3 is 24.4 Å². The van der Waals surface area contributed by atoms with Crippen LogP contribution in [0, 0.1) is 0 Å². The highest BCUT2D eigenvalue weighted by molar-refractivity contribution is 5.79. The van der Waals surface area contributed by atoms with Crippen molar-refractivity contribution in [3.8, 4) is 11.6 Å². The molecule has 0 bridgehead atoms. The smallest absolute Gasteiger partial charge is 0.213 e. The molecule has 0 saturated carbocycles. The summed E-state index contributed by atoms with van der Waals surface area (Å²) in [4.78, 5) is 11.0. The Kier molecular flexibility index (Phi) is 9.65. The predicted molar refractivity (Wildman–Crippen MR) is 111 cm³/mol. The van der Waals surface area contributed by atoms with E-state index in [1.165, 1.54) is 0 Å². The van der Waals surface area contributed by atoms with Crippen molar-refractivity contribution in [1.82, 2.24) is 15.2 Å². The number of nitrogens with zero attached hydrogens (tertiary/aromatic N) is 3. The van der Waals surface area contributed by atoms with Crippen LogP contribution in [0.4, 0.5) is 0 Å². The van der Waals surface area contributed by atoms with E-state index >= 15 is 0 Å². The summed E-state index contributed by atoms with van der Waals surface area (Å²) in [7, 11) is 3.64. The number of aromatic nitrogens is 1. The Bertz CT molecular complexity index is 693. The van der Waals surface area contributed by atoms with Gasteiger partial charge in [0, 0.05) is 33.0 Å². The lowest BCUT2D eigenvalue weighted by Gasteiger charge is -2.22. The first kappa shape index (κ1) is 21.5. The molecule has 0 unspecified atom stereocenters. The topological polar surface area (TPSA) is 68.2 Å². The average Bonchev–Trinajstić information content (AvgIpc) is 2.73. The molecule has 28 heavy (non-hydrogen) atoms. The first-order valence-electron chi connectivity index (χ1n) is 9.47. The lowest BCUT2D eigenvalue weighted by Crippen LogP contribution is -2.40. The summed E-state index contributed by atoms with van der Waals surface area (Å²) in [6.07, 6.45) is 1.79. The van der Waals surface area contributed by atoms with Crippen LogP contribution in [0.1, 0.15) is 12.5 Å². The number of likely N-dealkylation sites (N-methyl/N-ethyl adjacent to an activating group) is 1. The van der Waals surface area contributed by atoms with Crippen molar-refractivity contribution in [3.63, 3.8) is 0 Å². The van der Waals surface area contributed by atoms with E-state index in [0.29, 0.717) is 32.2 Å². The Labute approximate surface area is 167 Å². The molecule has 1 aromatic carbocycles. The fraction of sp³-hybridized carbons (Fsp3) is 0.429. The molecule has 0 atom stereocenters. The summed E-state index contributed by atoms with van der Waals surface area (Å²) in [5, 5.41) is 3.31. The Hall–Kier alpha value is -2.80. The number of aliphatic imine (C=N–C) groups is 1. The maximum Gasteiger partial charge on any atom is 0.213 e. The molecule has 7 heteroatoms. The van der Waals surface area contributed by atoms with Gasteiger partial charge in [-0.25, -0.2) is 9.98 Å². The standard InChI is InChI=1S/C21H30N4O3/c1-4-22-21(25(2)12-13-27-19-8-6-5-7-9-19)24-17-18-10-11-20(23-16-18)28-15-14-26-3/h5-11,16H,4,12-15,17H2,1-3H3,(H,22,24). The highest BCUT2D eigenvalue weighted by Crippen LogP contribution is 2.09. The molecule has 2 rings (SSSR count). The number of nitrogens with one attached hydrogen (secondary N) is 1. The average molecular weight is 386 g/mol. The highest BCUT2D eigenvalue weighted by atomic mass is 16.5. The first-order chi connectivity index (χ1) is 13.7. The van der Waals surface area contributed by atoms with Crippen LogP contribution in [0.3, 0.4) is 0 Å². The number of para-hydroxylation sites is 1. The van der Waals surface area contributed by atoms with Crippen LogP contribution in [-0.2, 0) is 11.3 Å². The summed E-state index contributed by atoms with van der Waals surface area (Å²) in [5.74, 6) is 2.29. The van der Waals surface area contributed by atoms with E-state index in [0.717, 1.165) is 30.4 Å². The molecule has 0 fully saturated rings. The summed E-state index contributed by atoms with van der Waals surface area (Å²) in [6, 6.07) is 13.6.